The van der Waals surface area contributed by atoms with Crippen LogP contribution < -0.4 is 5.32 Å². The van der Waals surface area contributed by atoms with Gasteiger partial charge in [-0.1, -0.05) is 50.2 Å². The number of nitrogens with zero attached hydrogens (tertiary/aromatic N) is 1. The molecule has 2 rings (SSSR count). The first-order chi connectivity index (χ1) is 8.72. The van der Waals surface area contributed by atoms with E-state index in [1.807, 2.05) is 0 Å². The van der Waals surface area contributed by atoms with E-state index in [1.54, 1.807) is 6.20 Å². The van der Waals surface area contributed by atoms with E-state index in [1.165, 1.54) is 5.56 Å². The lowest BCUT2D eigenvalue weighted by molar-refractivity contribution is 0.431. The summed E-state index contributed by atoms with van der Waals surface area (Å²) in [6, 6.07) is 8.51. The summed E-state index contributed by atoms with van der Waals surface area (Å²) in [6.07, 6.45) is 1.79. The maximum atomic E-state index is 5.36. The van der Waals surface area contributed by atoms with Gasteiger partial charge in [0.25, 0.3) is 0 Å². The van der Waals surface area contributed by atoms with E-state index in [0.29, 0.717) is 5.92 Å². The molecule has 3 heteroatoms. The van der Waals surface area contributed by atoms with Crippen molar-refractivity contribution in [1.29, 1.82) is 0 Å². The Hall–Kier alpha value is -1.61. The second kappa shape index (κ2) is 5.83. The molecule has 1 aromatic carbocycles. The zero-order valence-corrected chi connectivity index (χ0v) is 11.2. The van der Waals surface area contributed by atoms with Crippen molar-refractivity contribution in [3.8, 4) is 11.3 Å². The fourth-order valence-electron chi connectivity index (χ4n) is 1.90. The molecule has 0 spiro atoms. The van der Waals surface area contributed by atoms with E-state index in [-0.39, 0.29) is 0 Å². The van der Waals surface area contributed by atoms with Gasteiger partial charge >= 0.3 is 0 Å². The minimum Gasteiger partial charge on any atom is -0.356 e. The van der Waals surface area contributed by atoms with Crippen molar-refractivity contribution in [3.05, 3.63) is 41.6 Å². The lowest BCUT2D eigenvalue weighted by atomic mass is 10.0. The van der Waals surface area contributed by atoms with Crippen molar-refractivity contribution in [2.75, 3.05) is 6.54 Å². The van der Waals surface area contributed by atoms with Crippen LogP contribution in [-0.4, -0.2) is 11.7 Å². The number of benzene rings is 1. The lowest BCUT2D eigenvalue weighted by Gasteiger charge is -2.06. The lowest BCUT2D eigenvalue weighted by Crippen LogP contribution is -2.11. The van der Waals surface area contributed by atoms with Crippen LogP contribution in [-0.2, 0) is 6.54 Å². The van der Waals surface area contributed by atoms with Crippen molar-refractivity contribution in [2.45, 2.75) is 33.2 Å². The van der Waals surface area contributed by atoms with Gasteiger partial charge in [-0.25, -0.2) is 0 Å². The summed E-state index contributed by atoms with van der Waals surface area (Å²) in [7, 11) is 0. The highest BCUT2D eigenvalue weighted by Gasteiger charge is 2.10. The molecular formula is C15H20N2O. The first-order valence-corrected chi connectivity index (χ1v) is 6.47. The second-order valence-corrected chi connectivity index (χ2v) is 4.74. The standard InChI is InChI=1S/C15H20N2O/c1-4-16-9-14-10-17-18-15(14)13-7-5-12(6-8-13)11(2)3/h5-8,10-11,16H,4,9H2,1-3H3. The summed E-state index contributed by atoms with van der Waals surface area (Å²) in [5.74, 6) is 1.42. The molecule has 0 saturated heterocycles. The van der Waals surface area contributed by atoms with E-state index in [9.17, 15) is 0 Å². The number of hydrogen-bond donors (Lipinski definition) is 1. The molecule has 1 N–H and O–H groups in total. The van der Waals surface area contributed by atoms with E-state index >= 15 is 0 Å². The molecule has 2 aromatic rings. The first-order valence-electron chi connectivity index (χ1n) is 6.47. The van der Waals surface area contributed by atoms with Gasteiger partial charge in [0.2, 0.25) is 0 Å². The predicted molar refractivity (Wildman–Crippen MR) is 73.4 cm³/mol. The van der Waals surface area contributed by atoms with Crippen molar-refractivity contribution in [1.82, 2.24) is 10.5 Å². The molecule has 3 nitrogen and oxygen atoms in total. The molecule has 0 saturated carbocycles. The normalized spacial score (nSPS) is 11.1. The van der Waals surface area contributed by atoms with Crippen LogP contribution in [0.25, 0.3) is 11.3 Å². The third-order valence-electron chi connectivity index (χ3n) is 3.05. The van der Waals surface area contributed by atoms with Crippen molar-refractivity contribution >= 4 is 0 Å². The Labute approximate surface area is 108 Å². The highest BCUT2D eigenvalue weighted by Crippen LogP contribution is 2.25. The van der Waals surface area contributed by atoms with Crippen molar-refractivity contribution < 1.29 is 4.52 Å². The summed E-state index contributed by atoms with van der Waals surface area (Å²) in [5, 5.41) is 7.18. The fourth-order valence-corrected chi connectivity index (χ4v) is 1.90. The summed E-state index contributed by atoms with van der Waals surface area (Å²) in [5.41, 5.74) is 3.53. The molecule has 0 aliphatic carbocycles. The fraction of sp³-hybridized carbons (Fsp3) is 0.400. The minimum absolute atomic E-state index is 0.551. The second-order valence-electron chi connectivity index (χ2n) is 4.74. The van der Waals surface area contributed by atoms with Crippen LogP contribution in [0.1, 0.15) is 37.8 Å². The number of aromatic nitrogens is 1. The molecule has 0 fully saturated rings. The maximum absolute atomic E-state index is 5.36. The van der Waals surface area contributed by atoms with Gasteiger partial charge in [-0.15, -0.1) is 0 Å². The van der Waals surface area contributed by atoms with Gasteiger partial charge in [0, 0.05) is 17.7 Å². The van der Waals surface area contributed by atoms with Crippen LogP contribution in [0.4, 0.5) is 0 Å². The quantitative estimate of drug-likeness (QED) is 0.873. The molecule has 18 heavy (non-hydrogen) atoms. The van der Waals surface area contributed by atoms with Crippen molar-refractivity contribution in [3.63, 3.8) is 0 Å². The van der Waals surface area contributed by atoms with Crippen LogP contribution in [0, 0.1) is 0 Å². The van der Waals surface area contributed by atoms with Gasteiger partial charge in [0.1, 0.15) is 0 Å². The Kier molecular flexibility index (Phi) is 4.15. The predicted octanol–water partition coefficient (Wildman–Crippen LogP) is 3.57. The van der Waals surface area contributed by atoms with Gasteiger partial charge in [-0.05, 0) is 18.0 Å². The molecule has 0 atom stereocenters. The van der Waals surface area contributed by atoms with Gasteiger partial charge in [-0.3, -0.25) is 0 Å². The third kappa shape index (κ3) is 2.79. The zero-order chi connectivity index (χ0) is 13.0. The van der Waals surface area contributed by atoms with Crippen LogP contribution in [0.2, 0.25) is 0 Å². The highest BCUT2D eigenvalue weighted by atomic mass is 16.5. The molecule has 96 valence electrons. The Morgan fingerprint density at radius 1 is 1.22 bits per heavy atom. The Balaban J connectivity index is 2.23. The van der Waals surface area contributed by atoms with Crippen LogP contribution in [0.15, 0.2) is 35.0 Å². The van der Waals surface area contributed by atoms with Crippen molar-refractivity contribution in [2.24, 2.45) is 0 Å². The number of nitrogens with one attached hydrogen (secondary N) is 1. The van der Waals surface area contributed by atoms with Crippen LogP contribution >= 0.6 is 0 Å². The zero-order valence-electron chi connectivity index (χ0n) is 11.2. The van der Waals surface area contributed by atoms with Crippen LogP contribution in [0.5, 0.6) is 0 Å². The monoisotopic (exact) mass is 244 g/mol. The summed E-state index contributed by atoms with van der Waals surface area (Å²) >= 11 is 0. The molecule has 0 aliphatic heterocycles. The Morgan fingerprint density at radius 3 is 2.56 bits per heavy atom. The minimum atomic E-state index is 0.551. The number of hydrogen-bond acceptors (Lipinski definition) is 3. The molecular weight excluding hydrogens is 224 g/mol. The smallest absolute Gasteiger partial charge is 0.171 e. The Bertz CT molecular complexity index is 485. The average Bonchev–Trinajstić information content (AvgIpc) is 2.84. The summed E-state index contributed by atoms with van der Waals surface area (Å²) in [4.78, 5) is 0. The van der Waals surface area contributed by atoms with Gasteiger partial charge in [-0.2, -0.15) is 0 Å². The van der Waals surface area contributed by atoms with E-state index in [4.69, 9.17) is 4.52 Å². The highest BCUT2D eigenvalue weighted by molar-refractivity contribution is 5.61. The number of rotatable bonds is 5. The molecule has 1 heterocycles. The first kappa shape index (κ1) is 12.8. The molecule has 0 unspecified atom stereocenters. The SMILES string of the molecule is CCNCc1cnoc1-c1ccc(C(C)C)cc1. The third-order valence-corrected chi connectivity index (χ3v) is 3.05. The maximum Gasteiger partial charge on any atom is 0.171 e. The molecule has 0 bridgehead atoms. The summed E-state index contributed by atoms with van der Waals surface area (Å²) < 4.78 is 5.36. The topological polar surface area (TPSA) is 38.1 Å². The van der Waals surface area contributed by atoms with E-state index in [2.05, 4.69) is 55.5 Å². The van der Waals surface area contributed by atoms with Crippen LogP contribution in [0.3, 0.4) is 0 Å². The van der Waals surface area contributed by atoms with Gasteiger partial charge in [0.05, 0.1) is 6.20 Å². The Morgan fingerprint density at radius 2 is 1.94 bits per heavy atom. The molecule has 0 radical (unpaired) electrons. The molecule has 0 aliphatic rings. The van der Waals surface area contributed by atoms with Gasteiger partial charge < -0.3 is 9.84 Å². The molecule has 0 amide bonds. The van der Waals surface area contributed by atoms with E-state index in [0.717, 1.165) is 30.0 Å². The summed E-state index contributed by atoms with van der Waals surface area (Å²) in [6.45, 7) is 8.21. The van der Waals surface area contributed by atoms with E-state index < -0.39 is 0 Å². The molecule has 1 aromatic heterocycles. The van der Waals surface area contributed by atoms with Gasteiger partial charge in [0.15, 0.2) is 5.76 Å². The largest absolute Gasteiger partial charge is 0.356 e. The average molecular weight is 244 g/mol.